The lowest BCUT2D eigenvalue weighted by atomic mass is 9.52. The Kier molecular flexibility index (Phi) is 3.94. The largest absolute Gasteiger partial charge is 0.338 e. The van der Waals surface area contributed by atoms with Crippen molar-refractivity contribution in [2.75, 3.05) is 0 Å². The Morgan fingerprint density at radius 3 is 2.34 bits per heavy atom. The first kappa shape index (κ1) is 17.4. The Morgan fingerprint density at radius 1 is 0.897 bits per heavy atom. The fraction of sp³-hybridized carbons (Fsp3) is 0.462. The predicted octanol–water partition coefficient (Wildman–Crippen LogP) is 5.60. The molecule has 0 N–H and O–H groups in total. The molecule has 0 saturated heterocycles. The summed E-state index contributed by atoms with van der Waals surface area (Å²) in [5.74, 6) is 2.78. The summed E-state index contributed by atoms with van der Waals surface area (Å²) in [6.45, 7) is 1.94. The summed E-state index contributed by atoms with van der Waals surface area (Å²) in [6, 6.07) is 15.0. The van der Waals surface area contributed by atoms with Crippen molar-refractivity contribution >= 4 is 11.7 Å². The average Bonchev–Trinajstić information content (AvgIpc) is 3.09. The van der Waals surface area contributed by atoms with Crippen molar-refractivity contribution in [1.82, 2.24) is 0 Å². The zero-order valence-corrected chi connectivity index (χ0v) is 16.9. The van der Waals surface area contributed by atoms with Crippen LogP contribution in [-0.2, 0) is 16.1 Å². The highest BCUT2D eigenvalue weighted by Crippen LogP contribution is 2.56. The minimum Gasteiger partial charge on any atom is -0.318 e. The summed E-state index contributed by atoms with van der Waals surface area (Å²) in [7, 11) is 0. The van der Waals surface area contributed by atoms with Crippen molar-refractivity contribution in [2.24, 2.45) is 34.7 Å². The molecule has 0 radical (unpaired) electrons. The molecule has 0 unspecified atom stereocenters. The Bertz CT molecular complexity index is 993. The van der Waals surface area contributed by atoms with Crippen molar-refractivity contribution in [3.8, 4) is 11.1 Å². The SMILES string of the molecule is C/C(=N\OC(=O)C1C2CC3CC(C2)CC1C3)c1ccc2c(c1)Cc1ccccc1-2. The Morgan fingerprint density at radius 2 is 1.59 bits per heavy atom. The van der Waals surface area contributed by atoms with E-state index in [0.717, 1.165) is 29.5 Å². The van der Waals surface area contributed by atoms with Crippen LogP contribution in [0.2, 0.25) is 0 Å². The van der Waals surface area contributed by atoms with Gasteiger partial charge in [-0.25, -0.2) is 4.79 Å². The van der Waals surface area contributed by atoms with E-state index in [1.54, 1.807) is 0 Å². The number of hydrogen-bond acceptors (Lipinski definition) is 3. The highest BCUT2D eigenvalue weighted by atomic mass is 16.7. The van der Waals surface area contributed by atoms with Crippen molar-refractivity contribution < 1.29 is 9.63 Å². The van der Waals surface area contributed by atoms with Crippen molar-refractivity contribution in [1.29, 1.82) is 0 Å². The molecule has 7 rings (SSSR count). The lowest BCUT2D eigenvalue weighted by molar-refractivity contribution is -0.162. The molecule has 0 aromatic heterocycles. The van der Waals surface area contributed by atoms with Crippen molar-refractivity contribution in [2.45, 2.75) is 45.4 Å². The number of carbonyl (C=O) groups is 1. The van der Waals surface area contributed by atoms with Crippen LogP contribution in [0.3, 0.4) is 0 Å². The van der Waals surface area contributed by atoms with Gasteiger partial charge in [-0.15, -0.1) is 0 Å². The maximum Gasteiger partial charge on any atom is 0.338 e. The third-order valence-electron chi connectivity index (χ3n) is 7.98. The van der Waals surface area contributed by atoms with E-state index in [1.807, 2.05) is 6.92 Å². The van der Waals surface area contributed by atoms with E-state index in [4.69, 9.17) is 4.84 Å². The first-order chi connectivity index (χ1) is 14.2. The van der Waals surface area contributed by atoms with Gasteiger partial charge in [0.25, 0.3) is 0 Å². The van der Waals surface area contributed by atoms with E-state index in [2.05, 4.69) is 47.6 Å². The van der Waals surface area contributed by atoms with Gasteiger partial charge in [-0.3, -0.25) is 0 Å². The fourth-order valence-electron chi connectivity index (χ4n) is 6.91. The molecule has 148 valence electrons. The molecule has 0 amide bonds. The first-order valence-corrected chi connectivity index (χ1v) is 11.1. The molecular formula is C26H27NO2. The number of benzene rings is 2. The van der Waals surface area contributed by atoms with Gasteiger partial charge in [-0.05, 0) is 103 Å². The van der Waals surface area contributed by atoms with Crippen LogP contribution in [0.5, 0.6) is 0 Å². The summed E-state index contributed by atoms with van der Waals surface area (Å²) in [5.41, 5.74) is 7.16. The van der Waals surface area contributed by atoms with Crippen molar-refractivity contribution in [3.63, 3.8) is 0 Å². The van der Waals surface area contributed by atoms with Gasteiger partial charge in [-0.1, -0.05) is 41.6 Å². The van der Waals surface area contributed by atoms with Crippen LogP contribution in [-0.4, -0.2) is 11.7 Å². The number of oxime groups is 1. The van der Waals surface area contributed by atoms with Gasteiger partial charge in [0.05, 0.1) is 11.6 Å². The average molecular weight is 386 g/mol. The molecule has 4 saturated carbocycles. The van der Waals surface area contributed by atoms with Gasteiger partial charge in [0.2, 0.25) is 0 Å². The topological polar surface area (TPSA) is 38.7 Å². The van der Waals surface area contributed by atoms with E-state index >= 15 is 0 Å². The number of hydrogen-bond donors (Lipinski definition) is 0. The minimum atomic E-state index is -0.0910. The molecule has 3 nitrogen and oxygen atoms in total. The molecule has 2 aromatic rings. The predicted molar refractivity (Wildman–Crippen MR) is 114 cm³/mol. The molecule has 4 fully saturated rings. The zero-order chi connectivity index (χ0) is 19.5. The number of nitrogens with zero attached hydrogens (tertiary/aromatic N) is 1. The van der Waals surface area contributed by atoms with E-state index in [1.165, 1.54) is 54.4 Å². The van der Waals surface area contributed by atoms with E-state index < -0.39 is 0 Å². The summed E-state index contributed by atoms with van der Waals surface area (Å²) in [5, 5.41) is 4.27. The summed E-state index contributed by atoms with van der Waals surface area (Å²) < 4.78 is 0. The number of rotatable bonds is 3. The van der Waals surface area contributed by atoms with Gasteiger partial charge < -0.3 is 4.84 Å². The van der Waals surface area contributed by atoms with Gasteiger partial charge in [-0.2, -0.15) is 0 Å². The summed E-state index contributed by atoms with van der Waals surface area (Å²) in [6.07, 6.45) is 7.25. The van der Waals surface area contributed by atoms with Gasteiger partial charge in [0, 0.05) is 0 Å². The van der Waals surface area contributed by atoms with Crippen LogP contribution in [0.4, 0.5) is 0 Å². The van der Waals surface area contributed by atoms with E-state index in [-0.39, 0.29) is 11.9 Å². The Balaban J connectivity index is 1.18. The van der Waals surface area contributed by atoms with Crippen LogP contribution >= 0.6 is 0 Å². The molecule has 4 bridgehead atoms. The molecule has 0 heterocycles. The molecular weight excluding hydrogens is 358 g/mol. The molecule has 3 heteroatoms. The molecule has 5 aliphatic rings. The standard InChI is InChI=1S/C26H27NO2/c1-15(18-6-7-24-20(13-18)14-19-4-2-3-5-23(19)24)27-29-26(28)25-21-9-16-8-17(11-21)12-22(25)10-16/h2-7,13,16-17,21-22,25H,8-12,14H2,1H3/b27-15+. The zero-order valence-electron chi connectivity index (χ0n) is 16.9. The molecule has 0 aliphatic heterocycles. The smallest absolute Gasteiger partial charge is 0.318 e. The second-order valence-corrected chi connectivity index (χ2v) is 9.75. The van der Waals surface area contributed by atoms with Crippen LogP contribution < -0.4 is 0 Å². The van der Waals surface area contributed by atoms with Gasteiger partial charge in [0.15, 0.2) is 0 Å². The number of fused-ring (bicyclic) bond motifs is 3. The second-order valence-electron chi connectivity index (χ2n) is 9.75. The lowest BCUT2D eigenvalue weighted by Crippen LogP contribution is -2.48. The Hall–Kier alpha value is -2.42. The fourth-order valence-corrected chi connectivity index (χ4v) is 6.91. The maximum atomic E-state index is 12.9. The van der Waals surface area contributed by atoms with E-state index in [9.17, 15) is 4.79 Å². The van der Waals surface area contributed by atoms with Gasteiger partial charge >= 0.3 is 5.97 Å². The van der Waals surface area contributed by atoms with Crippen LogP contribution in [0.1, 0.15) is 55.7 Å². The molecule has 0 spiro atoms. The second kappa shape index (κ2) is 6.55. The third kappa shape index (κ3) is 2.86. The summed E-state index contributed by atoms with van der Waals surface area (Å²) >= 11 is 0. The summed E-state index contributed by atoms with van der Waals surface area (Å²) in [4.78, 5) is 18.4. The van der Waals surface area contributed by atoms with Crippen LogP contribution in [0, 0.1) is 29.6 Å². The first-order valence-electron chi connectivity index (χ1n) is 11.1. The number of carbonyl (C=O) groups excluding carboxylic acids is 1. The highest BCUT2D eigenvalue weighted by molar-refractivity contribution is 5.99. The van der Waals surface area contributed by atoms with Crippen LogP contribution in [0.25, 0.3) is 11.1 Å². The Labute approximate surface area is 172 Å². The van der Waals surface area contributed by atoms with Crippen LogP contribution in [0.15, 0.2) is 47.6 Å². The highest BCUT2D eigenvalue weighted by Gasteiger charge is 2.51. The normalized spacial score (nSPS) is 31.5. The molecule has 5 aliphatic carbocycles. The molecule has 0 atom stereocenters. The monoisotopic (exact) mass is 385 g/mol. The van der Waals surface area contributed by atoms with E-state index in [0.29, 0.717) is 11.8 Å². The maximum absolute atomic E-state index is 12.9. The third-order valence-corrected chi connectivity index (χ3v) is 7.98. The quantitative estimate of drug-likeness (QED) is 0.334. The lowest BCUT2D eigenvalue weighted by Gasteiger charge is -2.53. The van der Waals surface area contributed by atoms with Crippen molar-refractivity contribution in [3.05, 3.63) is 59.2 Å². The molecule has 2 aromatic carbocycles. The van der Waals surface area contributed by atoms with Gasteiger partial charge in [0.1, 0.15) is 0 Å². The molecule has 29 heavy (non-hydrogen) atoms. The minimum absolute atomic E-state index is 0.0777.